The van der Waals surface area contributed by atoms with Crippen molar-refractivity contribution in [3.05, 3.63) is 33.7 Å². The fourth-order valence-electron chi connectivity index (χ4n) is 0.702. The van der Waals surface area contributed by atoms with Gasteiger partial charge in [-0.25, -0.2) is 4.79 Å². The predicted octanol–water partition coefficient (Wildman–Crippen LogP) is 0.869. The molecule has 1 rings (SSSR count). The van der Waals surface area contributed by atoms with Gasteiger partial charge in [0.1, 0.15) is 5.56 Å². The Morgan fingerprint density at radius 3 is 2.83 bits per heavy atom. The number of carbonyl (C=O) groups is 1. The molecule has 0 aliphatic rings. The van der Waals surface area contributed by atoms with E-state index in [2.05, 4.69) is 20.7 Å². The van der Waals surface area contributed by atoms with Gasteiger partial charge in [0, 0.05) is 22.0 Å². The lowest BCUT2D eigenvalue weighted by molar-refractivity contribution is -0.617. The molecule has 5 heteroatoms. The highest BCUT2D eigenvalue weighted by atomic mass is 79.9. The van der Waals surface area contributed by atoms with Crippen LogP contribution in [0, 0.1) is 5.21 Å². The molecule has 0 aliphatic heterocycles. The van der Waals surface area contributed by atoms with E-state index in [0.29, 0.717) is 9.33 Å². The number of halogens is 1. The summed E-state index contributed by atoms with van der Waals surface area (Å²) >= 11 is 3.00. The van der Waals surface area contributed by atoms with Crippen LogP contribution in [0.4, 0.5) is 0 Å². The van der Waals surface area contributed by atoms with Crippen LogP contribution in [0.3, 0.4) is 0 Å². The van der Waals surface area contributed by atoms with Crippen LogP contribution in [-0.4, -0.2) is 13.1 Å². The Balaban J connectivity index is 3.05. The van der Waals surface area contributed by atoms with E-state index in [0.717, 1.165) is 6.20 Å². The van der Waals surface area contributed by atoms with Crippen LogP contribution < -0.4 is 4.73 Å². The summed E-state index contributed by atoms with van der Waals surface area (Å²) in [7, 11) is 1.26. The van der Waals surface area contributed by atoms with E-state index in [-0.39, 0.29) is 5.56 Å². The number of hydrogen-bond acceptors (Lipinski definition) is 3. The van der Waals surface area contributed by atoms with Gasteiger partial charge in [0.15, 0.2) is 6.20 Å². The third-order valence-electron chi connectivity index (χ3n) is 1.29. The second kappa shape index (κ2) is 3.53. The number of ether oxygens (including phenoxy) is 1. The Labute approximate surface area is 77.5 Å². The molecule has 1 aromatic heterocycles. The molecular weight excluding hydrogens is 226 g/mol. The maximum Gasteiger partial charge on any atom is 0.344 e. The minimum absolute atomic E-state index is 0.232. The predicted molar refractivity (Wildman–Crippen MR) is 44.4 cm³/mol. The van der Waals surface area contributed by atoms with Crippen molar-refractivity contribution in [2.24, 2.45) is 0 Å². The highest BCUT2D eigenvalue weighted by molar-refractivity contribution is 9.10. The maximum absolute atomic E-state index is 10.9. The van der Waals surface area contributed by atoms with Gasteiger partial charge in [-0.1, -0.05) is 0 Å². The SMILES string of the molecule is COC(=O)c1ccc(Br)[n+]([O-])c1. The third-order valence-corrected chi connectivity index (χ3v) is 1.90. The van der Waals surface area contributed by atoms with E-state index in [1.54, 1.807) is 0 Å². The van der Waals surface area contributed by atoms with Crippen molar-refractivity contribution in [2.45, 2.75) is 0 Å². The first-order valence-corrected chi connectivity index (χ1v) is 3.91. The zero-order valence-corrected chi connectivity index (χ0v) is 7.87. The zero-order chi connectivity index (χ0) is 9.14. The molecule has 4 nitrogen and oxygen atoms in total. The first kappa shape index (κ1) is 8.99. The van der Waals surface area contributed by atoms with Crippen molar-refractivity contribution >= 4 is 21.9 Å². The fourth-order valence-corrected chi connectivity index (χ4v) is 0.936. The summed E-state index contributed by atoms with van der Waals surface area (Å²) in [5.74, 6) is -0.521. The van der Waals surface area contributed by atoms with Crippen molar-refractivity contribution in [3.63, 3.8) is 0 Å². The Hall–Kier alpha value is -1.10. The van der Waals surface area contributed by atoms with E-state index < -0.39 is 5.97 Å². The lowest BCUT2D eigenvalue weighted by Gasteiger charge is -2.00. The van der Waals surface area contributed by atoms with Crippen LogP contribution >= 0.6 is 15.9 Å². The van der Waals surface area contributed by atoms with Gasteiger partial charge in [-0.2, -0.15) is 4.73 Å². The molecule has 12 heavy (non-hydrogen) atoms. The molecule has 0 bridgehead atoms. The van der Waals surface area contributed by atoms with E-state index in [4.69, 9.17) is 0 Å². The average Bonchev–Trinajstić information content (AvgIpc) is 2.08. The number of methoxy groups -OCH3 is 1. The van der Waals surface area contributed by atoms with Crippen molar-refractivity contribution < 1.29 is 14.3 Å². The van der Waals surface area contributed by atoms with E-state index >= 15 is 0 Å². The molecule has 0 amide bonds. The minimum atomic E-state index is -0.521. The van der Waals surface area contributed by atoms with Gasteiger partial charge in [0.05, 0.1) is 7.11 Å². The molecule has 0 saturated heterocycles. The number of hydrogen-bond donors (Lipinski definition) is 0. The van der Waals surface area contributed by atoms with E-state index in [1.807, 2.05) is 0 Å². The summed E-state index contributed by atoms with van der Waals surface area (Å²) in [5.41, 5.74) is 0.232. The van der Waals surface area contributed by atoms with Crippen LogP contribution in [0.5, 0.6) is 0 Å². The monoisotopic (exact) mass is 231 g/mol. The molecule has 0 saturated carbocycles. The summed E-state index contributed by atoms with van der Waals surface area (Å²) in [4.78, 5) is 10.9. The molecule has 0 atom stereocenters. The Morgan fingerprint density at radius 2 is 2.33 bits per heavy atom. The average molecular weight is 232 g/mol. The summed E-state index contributed by atoms with van der Waals surface area (Å²) in [6, 6.07) is 2.99. The van der Waals surface area contributed by atoms with Gasteiger partial charge in [-0.05, 0) is 6.07 Å². The minimum Gasteiger partial charge on any atom is -0.618 e. The van der Waals surface area contributed by atoms with Gasteiger partial charge < -0.3 is 9.94 Å². The van der Waals surface area contributed by atoms with Gasteiger partial charge in [-0.15, -0.1) is 0 Å². The second-order valence-corrected chi connectivity index (χ2v) is 2.87. The summed E-state index contributed by atoms with van der Waals surface area (Å²) < 4.78 is 5.33. The smallest absolute Gasteiger partial charge is 0.344 e. The number of nitrogens with zero attached hydrogens (tertiary/aromatic N) is 1. The highest BCUT2D eigenvalue weighted by Gasteiger charge is 2.10. The Bertz CT molecular complexity index is 314. The van der Waals surface area contributed by atoms with Crippen molar-refractivity contribution in [1.29, 1.82) is 0 Å². The molecule has 0 N–H and O–H groups in total. The van der Waals surface area contributed by atoms with Crippen LogP contribution in [0.15, 0.2) is 22.9 Å². The second-order valence-electron chi connectivity index (χ2n) is 2.06. The molecular formula is C7H6BrNO3. The van der Waals surface area contributed by atoms with Crippen LogP contribution in [0.1, 0.15) is 10.4 Å². The first-order valence-electron chi connectivity index (χ1n) is 3.12. The maximum atomic E-state index is 10.9. The summed E-state index contributed by atoms with van der Waals surface area (Å²) in [6.07, 6.45) is 1.15. The molecule has 1 heterocycles. The molecule has 0 unspecified atom stereocenters. The van der Waals surface area contributed by atoms with Crippen LogP contribution in [0.25, 0.3) is 0 Å². The Kier molecular flexibility index (Phi) is 2.65. The van der Waals surface area contributed by atoms with E-state index in [1.165, 1.54) is 19.2 Å². The number of rotatable bonds is 1. The van der Waals surface area contributed by atoms with Crippen LogP contribution in [0.2, 0.25) is 0 Å². The van der Waals surface area contributed by atoms with Gasteiger partial charge in [0.2, 0.25) is 0 Å². The number of esters is 1. The summed E-state index contributed by atoms with van der Waals surface area (Å²) in [5, 5.41) is 10.9. The summed E-state index contributed by atoms with van der Waals surface area (Å²) in [6.45, 7) is 0. The Morgan fingerprint density at radius 1 is 1.67 bits per heavy atom. The highest BCUT2D eigenvalue weighted by Crippen LogP contribution is 2.04. The van der Waals surface area contributed by atoms with Gasteiger partial charge >= 0.3 is 5.97 Å². The molecule has 0 fully saturated rings. The molecule has 0 aromatic carbocycles. The molecule has 0 spiro atoms. The largest absolute Gasteiger partial charge is 0.618 e. The fraction of sp³-hybridized carbons (Fsp3) is 0.143. The van der Waals surface area contributed by atoms with Crippen molar-refractivity contribution in [1.82, 2.24) is 0 Å². The molecule has 1 aromatic rings. The number of aromatic nitrogens is 1. The topological polar surface area (TPSA) is 53.2 Å². The lowest BCUT2D eigenvalue weighted by Crippen LogP contribution is -2.28. The first-order chi connectivity index (χ1) is 5.65. The van der Waals surface area contributed by atoms with Gasteiger partial charge in [-0.3, -0.25) is 0 Å². The number of pyridine rings is 1. The zero-order valence-electron chi connectivity index (χ0n) is 6.28. The van der Waals surface area contributed by atoms with Gasteiger partial charge in [0.25, 0.3) is 4.60 Å². The lowest BCUT2D eigenvalue weighted by atomic mass is 10.3. The normalized spacial score (nSPS) is 9.50. The molecule has 0 aliphatic carbocycles. The van der Waals surface area contributed by atoms with E-state index in [9.17, 15) is 10.0 Å². The third kappa shape index (κ3) is 1.73. The standard InChI is InChI=1S/C7H6BrNO3/c1-12-7(10)5-2-3-6(8)9(11)4-5/h2-4H,1H3. The van der Waals surface area contributed by atoms with Crippen LogP contribution in [-0.2, 0) is 4.74 Å². The van der Waals surface area contributed by atoms with Crippen molar-refractivity contribution in [2.75, 3.05) is 7.11 Å². The van der Waals surface area contributed by atoms with Crippen molar-refractivity contribution in [3.8, 4) is 0 Å². The number of carbonyl (C=O) groups excluding carboxylic acids is 1. The quantitative estimate of drug-likeness (QED) is 0.312. The molecule has 64 valence electrons. The molecule has 0 radical (unpaired) electrons.